The summed E-state index contributed by atoms with van der Waals surface area (Å²) in [5.41, 5.74) is -0.250. The highest BCUT2D eigenvalue weighted by Crippen LogP contribution is 2.20. The number of anilines is 1. The average Bonchev–Trinajstić information content (AvgIpc) is 2.26. The number of benzene rings is 1. The number of rotatable bonds is 4. The third-order valence-corrected chi connectivity index (χ3v) is 1.97. The Morgan fingerprint density at radius 3 is 2.44 bits per heavy atom. The van der Waals surface area contributed by atoms with Crippen LogP contribution in [0.25, 0.3) is 0 Å². The van der Waals surface area contributed by atoms with Crippen molar-refractivity contribution < 1.29 is 8.78 Å². The molecule has 0 atom stereocenters. The van der Waals surface area contributed by atoms with Crippen LogP contribution >= 0.6 is 0 Å². The van der Waals surface area contributed by atoms with Gasteiger partial charge in [0.1, 0.15) is 5.69 Å². The van der Waals surface area contributed by atoms with E-state index in [1.165, 1.54) is 0 Å². The van der Waals surface area contributed by atoms with Crippen LogP contribution in [0.4, 0.5) is 14.5 Å². The number of nitrogens with zero attached hydrogens (tertiary/aromatic N) is 1. The van der Waals surface area contributed by atoms with E-state index in [-0.39, 0.29) is 11.3 Å². The Kier molecular flexibility index (Phi) is 4.29. The van der Waals surface area contributed by atoms with Gasteiger partial charge in [-0.3, -0.25) is 0 Å². The Morgan fingerprint density at radius 2 is 1.94 bits per heavy atom. The Morgan fingerprint density at radius 1 is 1.31 bits per heavy atom. The molecule has 2 nitrogen and oxygen atoms in total. The van der Waals surface area contributed by atoms with Crippen LogP contribution in [0.15, 0.2) is 12.1 Å². The molecule has 0 unspecified atom stereocenters. The molecular formula is C12H10F2N2. The van der Waals surface area contributed by atoms with Crippen molar-refractivity contribution in [3.05, 3.63) is 29.3 Å². The Balaban J connectivity index is 2.74. The highest BCUT2D eigenvalue weighted by molar-refractivity contribution is 5.50. The van der Waals surface area contributed by atoms with E-state index in [1.807, 2.05) is 0 Å². The van der Waals surface area contributed by atoms with Crippen molar-refractivity contribution in [3.8, 4) is 18.4 Å². The van der Waals surface area contributed by atoms with Gasteiger partial charge >= 0.3 is 0 Å². The normalized spacial score (nSPS) is 9.25. The molecule has 0 aromatic heterocycles. The number of nitrogens with one attached hydrogen (secondary N) is 1. The summed E-state index contributed by atoms with van der Waals surface area (Å²) >= 11 is 0. The largest absolute Gasteiger partial charge is 0.380 e. The summed E-state index contributed by atoms with van der Waals surface area (Å²) in [6, 6.07) is 3.66. The molecule has 0 amide bonds. The Labute approximate surface area is 92.9 Å². The van der Waals surface area contributed by atoms with Gasteiger partial charge in [-0.1, -0.05) is 0 Å². The summed E-state index contributed by atoms with van der Waals surface area (Å²) in [4.78, 5) is 0. The fourth-order valence-electron chi connectivity index (χ4n) is 1.21. The predicted octanol–water partition coefficient (Wildman–Crippen LogP) is 2.66. The van der Waals surface area contributed by atoms with Gasteiger partial charge in [0.25, 0.3) is 0 Å². The van der Waals surface area contributed by atoms with E-state index in [0.29, 0.717) is 19.4 Å². The quantitative estimate of drug-likeness (QED) is 0.625. The molecule has 1 aromatic rings. The number of halogens is 2. The van der Waals surface area contributed by atoms with Gasteiger partial charge in [-0.15, -0.1) is 12.3 Å². The monoisotopic (exact) mass is 220 g/mol. The fourth-order valence-corrected chi connectivity index (χ4v) is 1.21. The lowest BCUT2D eigenvalue weighted by atomic mass is 10.2. The maximum absolute atomic E-state index is 13.3. The molecule has 1 rings (SSSR count). The standard InChI is InChI=1S/C12H10F2N2/c1-2-3-4-5-16-12-10(13)6-9(8-15)7-11(12)14/h1,6-7,16H,3-5H2. The first-order chi connectivity index (χ1) is 7.69. The van der Waals surface area contributed by atoms with Gasteiger partial charge in [-0.05, 0) is 18.6 Å². The number of unbranched alkanes of at least 4 members (excludes halogenated alkanes) is 1. The lowest BCUT2D eigenvalue weighted by molar-refractivity contribution is 0.587. The molecule has 0 spiro atoms. The molecule has 0 fully saturated rings. The molecule has 1 aromatic carbocycles. The Bertz CT molecular complexity index is 432. The average molecular weight is 220 g/mol. The lowest BCUT2D eigenvalue weighted by Gasteiger charge is -2.07. The van der Waals surface area contributed by atoms with E-state index in [9.17, 15) is 8.78 Å². The van der Waals surface area contributed by atoms with Crippen molar-refractivity contribution in [1.29, 1.82) is 5.26 Å². The molecule has 4 heteroatoms. The first-order valence-corrected chi connectivity index (χ1v) is 4.75. The SMILES string of the molecule is C#CCCCNc1c(F)cc(C#N)cc1F. The van der Waals surface area contributed by atoms with E-state index >= 15 is 0 Å². The molecule has 0 saturated heterocycles. The van der Waals surface area contributed by atoms with Gasteiger partial charge in [-0.25, -0.2) is 8.78 Å². The van der Waals surface area contributed by atoms with E-state index in [4.69, 9.17) is 11.7 Å². The summed E-state index contributed by atoms with van der Waals surface area (Å²) in [5, 5.41) is 11.1. The molecule has 0 aliphatic carbocycles. The number of terminal acetylenes is 1. The maximum atomic E-state index is 13.3. The van der Waals surface area contributed by atoms with E-state index in [1.54, 1.807) is 6.07 Å². The highest BCUT2D eigenvalue weighted by Gasteiger charge is 2.10. The van der Waals surface area contributed by atoms with E-state index in [0.717, 1.165) is 12.1 Å². The second kappa shape index (κ2) is 5.72. The van der Waals surface area contributed by atoms with Gasteiger partial charge in [0.05, 0.1) is 11.6 Å². The lowest BCUT2D eigenvalue weighted by Crippen LogP contribution is -2.05. The van der Waals surface area contributed by atoms with Crippen molar-refractivity contribution >= 4 is 5.69 Å². The van der Waals surface area contributed by atoms with Crippen LogP contribution < -0.4 is 5.32 Å². The molecule has 82 valence electrons. The first kappa shape index (κ1) is 12.0. The molecule has 0 aliphatic rings. The van der Waals surface area contributed by atoms with Crippen LogP contribution in [-0.4, -0.2) is 6.54 Å². The topological polar surface area (TPSA) is 35.8 Å². The number of hydrogen-bond donors (Lipinski definition) is 1. The second-order valence-corrected chi connectivity index (χ2v) is 3.16. The molecule has 0 bridgehead atoms. The molecule has 0 heterocycles. The van der Waals surface area contributed by atoms with Crippen molar-refractivity contribution in [2.45, 2.75) is 12.8 Å². The summed E-state index contributed by atoms with van der Waals surface area (Å²) in [6.07, 6.45) is 6.23. The van der Waals surface area contributed by atoms with E-state index in [2.05, 4.69) is 11.2 Å². The summed E-state index contributed by atoms with van der Waals surface area (Å²) in [5.74, 6) is 0.898. The molecular weight excluding hydrogens is 210 g/mol. The molecule has 1 N–H and O–H groups in total. The van der Waals surface area contributed by atoms with Gasteiger partial charge < -0.3 is 5.32 Å². The van der Waals surface area contributed by atoms with E-state index < -0.39 is 11.6 Å². The van der Waals surface area contributed by atoms with Crippen molar-refractivity contribution in [1.82, 2.24) is 0 Å². The summed E-state index contributed by atoms with van der Waals surface area (Å²) in [6.45, 7) is 0.393. The molecule has 16 heavy (non-hydrogen) atoms. The van der Waals surface area contributed by atoms with Gasteiger partial charge in [-0.2, -0.15) is 5.26 Å². The van der Waals surface area contributed by atoms with Crippen molar-refractivity contribution in [2.75, 3.05) is 11.9 Å². The highest BCUT2D eigenvalue weighted by atomic mass is 19.1. The fraction of sp³-hybridized carbons (Fsp3) is 0.250. The zero-order chi connectivity index (χ0) is 12.0. The number of nitriles is 1. The van der Waals surface area contributed by atoms with Gasteiger partial charge in [0, 0.05) is 13.0 Å². The smallest absolute Gasteiger partial charge is 0.150 e. The predicted molar refractivity (Wildman–Crippen MR) is 57.6 cm³/mol. The molecule has 0 saturated carbocycles. The van der Waals surface area contributed by atoms with Gasteiger partial charge in [0.2, 0.25) is 0 Å². The molecule has 0 aliphatic heterocycles. The third kappa shape index (κ3) is 2.96. The van der Waals surface area contributed by atoms with Crippen molar-refractivity contribution in [3.63, 3.8) is 0 Å². The minimum absolute atomic E-state index is 0.0378. The number of hydrogen-bond acceptors (Lipinski definition) is 2. The van der Waals surface area contributed by atoms with Crippen LogP contribution in [0.5, 0.6) is 0 Å². The van der Waals surface area contributed by atoms with Crippen LogP contribution in [0.3, 0.4) is 0 Å². The summed E-state index contributed by atoms with van der Waals surface area (Å²) in [7, 11) is 0. The Hall–Kier alpha value is -2.07. The minimum atomic E-state index is -0.766. The zero-order valence-corrected chi connectivity index (χ0v) is 8.56. The van der Waals surface area contributed by atoms with Crippen LogP contribution in [0.1, 0.15) is 18.4 Å². The van der Waals surface area contributed by atoms with Crippen LogP contribution in [-0.2, 0) is 0 Å². The minimum Gasteiger partial charge on any atom is -0.380 e. The third-order valence-electron chi connectivity index (χ3n) is 1.97. The van der Waals surface area contributed by atoms with Crippen LogP contribution in [0, 0.1) is 35.3 Å². The second-order valence-electron chi connectivity index (χ2n) is 3.16. The summed E-state index contributed by atoms with van der Waals surface area (Å²) < 4.78 is 26.6. The molecule has 0 radical (unpaired) electrons. The van der Waals surface area contributed by atoms with Crippen molar-refractivity contribution in [2.24, 2.45) is 0 Å². The first-order valence-electron chi connectivity index (χ1n) is 4.75. The zero-order valence-electron chi connectivity index (χ0n) is 8.56. The van der Waals surface area contributed by atoms with Gasteiger partial charge in [0.15, 0.2) is 11.6 Å². The van der Waals surface area contributed by atoms with Crippen LogP contribution in [0.2, 0.25) is 0 Å². The maximum Gasteiger partial charge on any atom is 0.150 e.